The highest BCUT2D eigenvalue weighted by Gasteiger charge is 2.24. The van der Waals surface area contributed by atoms with Crippen LogP contribution in [0.5, 0.6) is 0 Å². The first-order valence-corrected chi connectivity index (χ1v) is 6.84. The van der Waals surface area contributed by atoms with Crippen molar-refractivity contribution in [2.45, 2.75) is 24.7 Å². The van der Waals surface area contributed by atoms with Crippen molar-refractivity contribution < 1.29 is 9.90 Å². The molecule has 0 bridgehead atoms. The van der Waals surface area contributed by atoms with Gasteiger partial charge in [-0.1, -0.05) is 30.3 Å². The molecule has 2 N–H and O–H groups in total. The van der Waals surface area contributed by atoms with E-state index in [2.05, 4.69) is 5.32 Å². The molecule has 0 unspecified atom stereocenters. The molecular formula is C13H19NO2S. The molecule has 2 atom stereocenters. The lowest BCUT2D eigenvalue weighted by Crippen LogP contribution is -2.41. The minimum atomic E-state index is -1.03. The van der Waals surface area contributed by atoms with Gasteiger partial charge in [-0.2, -0.15) is 11.8 Å². The number of carbonyl (C=O) groups excluding carboxylic acids is 1. The van der Waals surface area contributed by atoms with Crippen LogP contribution in [0.3, 0.4) is 0 Å². The van der Waals surface area contributed by atoms with E-state index in [1.54, 1.807) is 6.92 Å². The van der Waals surface area contributed by atoms with Gasteiger partial charge in [0, 0.05) is 0 Å². The molecule has 1 rings (SSSR count). The molecule has 0 aliphatic heterocycles. The quantitative estimate of drug-likeness (QED) is 0.840. The third-order valence-electron chi connectivity index (χ3n) is 2.73. The average Bonchev–Trinajstić information content (AvgIpc) is 2.36. The summed E-state index contributed by atoms with van der Waals surface area (Å²) in [6.45, 7) is 3.77. The zero-order chi connectivity index (χ0) is 12.9. The van der Waals surface area contributed by atoms with Crippen LogP contribution >= 0.6 is 11.8 Å². The fourth-order valence-corrected chi connectivity index (χ4v) is 1.71. The standard InChI is InChI=1S/C13H19NO2S/c1-10(17-3)12(15)14-9-13(2,16)11-7-5-4-6-8-11/h4-8,10,16H,9H2,1-3H3,(H,14,15)/t10-,13+/m0/s1. The topological polar surface area (TPSA) is 49.3 Å². The molecule has 0 radical (unpaired) electrons. The summed E-state index contributed by atoms with van der Waals surface area (Å²) in [4.78, 5) is 11.6. The fourth-order valence-electron chi connectivity index (χ4n) is 1.41. The van der Waals surface area contributed by atoms with Gasteiger partial charge in [0.15, 0.2) is 0 Å². The minimum Gasteiger partial charge on any atom is -0.384 e. The monoisotopic (exact) mass is 253 g/mol. The van der Waals surface area contributed by atoms with Crippen molar-refractivity contribution in [1.82, 2.24) is 5.32 Å². The summed E-state index contributed by atoms with van der Waals surface area (Å²) in [6, 6.07) is 9.34. The number of rotatable bonds is 5. The van der Waals surface area contributed by atoms with Crippen LogP contribution in [-0.4, -0.2) is 29.1 Å². The lowest BCUT2D eigenvalue weighted by atomic mass is 9.96. The van der Waals surface area contributed by atoms with Crippen molar-refractivity contribution >= 4 is 17.7 Å². The third-order valence-corrected chi connectivity index (χ3v) is 3.65. The lowest BCUT2D eigenvalue weighted by molar-refractivity contribution is -0.121. The number of benzene rings is 1. The molecule has 0 aromatic heterocycles. The van der Waals surface area contributed by atoms with E-state index in [1.165, 1.54) is 11.8 Å². The number of hydrogen-bond acceptors (Lipinski definition) is 3. The largest absolute Gasteiger partial charge is 0.384 e. The van der Waals surface area contributed by atoms with E-state index in [4.69, 9.17) is 0 Å². The first kappa shape index (κ1) is 14.1. The van der Waals surface area contributed by atoms with Gasteiger partial charge in [-0.25, -0.2) is 0 Å². The van der Waals surface area contributed by atoms with Crippen molar-refractivity contribution in [2.24, 2.45) is 0 Å². The van der Waals surface area contributed by atoms with Crippen molar-refractivity contribution in [3.8, 4) is 0 Å². The molecule has 17 heavy (non-hydrogen) atoms. The number of carbonyl (C=O) groups is 1. The molecule has 0 saturated heterocycles. The number of hydrogen-bond donors (Lipinski definition) is 2. The highest BCUT2D eigenvalue weighted by atomic mass is 32.2. The Morgan fingerprint density at radius 2 is 2.06 bits per heavy atom. The van der Waals surface area contributed by atoms with Crippen LogP contribution < -0.4 is 5.32 Å². The Kier molecular flexibility index (Phi) is 5.02. The van der Waals surface area contributed by atoms with Crippen LogP contribution in [0.15, 0.2) is 30.3 Å². The Balaban J connectivity index is 2.59. The molecule has 1 aromatic carbocycles. The van der Waals surface area contributed by atoms with Crippen molar-refractivity contribution in [2.75, 3.05) is 12.8 Å². The maximum Gasteiger partial charge on any atom is 0.232 e. The number of nitrogens with one attached hydrogen (secondary N) is 1. The summed E-state index contributed by atoms with van der Waals surface area (Å²) in [5, 5.41) is 12.9. The predicted octanol–water partition coefficient (Wildman–Crippen LogP) is 1.76. The Morgan fingerprint density at radius 3 is 2.59 bits per heavy atom. The fraction of sp³-hybridized carbons (Fsp3) is 0.462. The van der Waals surface area contributed by atoms with Crippen molar-refractivity contribution in [3.63, 3.8) is 0 Å². The Hall–Kier alpha value is -1.00. The first-order chi connectivity index (χ1) is 7.97. The zero-order valence-corrected chi connectivity index (χ0v) is 11.3. The van der Waals surface area contributed by atoms with E-state index in [9.17, 15) is 9.90 Å². The highest BCUT2D eigenvalue weighted by Crippen LogP contribution is 2.19. The number of thioether (sulfide) groups is 1. The highest BCUT2D eigenvalue weighted by molar-refractivity contribution is 7.99. The zero-order valence-electron chi connectivity index (χ0n) is 10.4. The molecule has 0 fully saturated rings. The summed E-state index contributed by atoms with van der Waals surface area (Å²) >= 11 is 1.49. The van der Waals surface area contributed by atoms with Gasteiger partial charge in [-0.3, -0.25) is 4.79 Å². The molecule has 0 heterocycles. The van der Waals surface area contributed by atoms with E-state index >= 15 is 0 Å². The average molecular weight is 253 g/mol. The third kappa shape index (κ3) is 4.06. The molecule has 0 aliphatic rings. The van der Waals surface area contributed by atoms with Gasteiger partial charge in [0.1, 0.15) is 5.60 Å². The van der Waals surface area contributed by atoms with Crippen LogP contribution in [-0.2, 0) is 10.4 Å². The lowest BCUT2D eigenvalue weighted by Gasteiger charge is -2.24. The first-order valence-electron chi connectivity index (χ1n) is 5.56. The van der Waals surface area contributed by atoms with Gasteiger partial charge in [0.25, 0.3) is 0 Å². The summed E-state index contributed by atoms with van der Waals surface area (Å²) in [5.74, 6) is -0.0475. The molecular weight excluding hydrogens is 234 g/mol. The summed E-state index contributed by atoms with van der Waals surface area (Å²) < 4.78 is 0. The minimum absolute atomic E-state index is 0.0475. The van der Waals surface area contributed by atoms with Crippen LogP contribution in [0.1, 0.15) is 19.4 Å². The molecule has 3 nitrogen and oxygen atoms in total. The molecule has 0 saturated carbocycles. The normalized spacial score (nSPS) is 16.0. The van der Waals surface area contributed by atoms with Crippen molar-refractivity contribution in [1.29, 1.82) is 0 Å². The predicted molar refractivity (Wildman–Crippen MR) is 72.0 cm³/mol. The second-order valence-electron chi connectivity index (χ2n) is 4.24. The van der Waals surface area contributed by atoms with Gasteiger partial charge in [-0.05, 0) is 25.7 Å². The number of aliphatic hydroxyl groups is 1. The summed E-state index contributed by atoms with van der Waals surface area (Å²) in [7, 11) is 0. The Bertz CT molecular complexity index is 365. The molecule has 0 spiro atoms. The van der Waals surface area contributed by atoms with Gasteiger partial charge in [0.2, 0.25) is 5.91 Å². The van der Waals surface area contributed by atoms with Crippen LogP contribution in [0.4, 0.5) is 0 Å². The Morgan fingerprint density at radius 1 is 1.47 bits per heavy atom. The maximum atomic E-state index is 11.6. The van der Waals surface area contributed by atoms with Gasteiger partial charge < -0.3 is 10.4 Å². The van der Waals surface area contributed by atoms with E-state index < -0.39 is 5.60 Å². The second-order valence-corrected chi connectivity index (χ2v) is 5.41. The van der Waals surface area contributed by atoms with Crippen LogP contribution in [0.25, 0.3) is 0 Å². The molecule has 1 amide bonds. The van der Waals surface area contributed by atoms with Crippen LogP contribution in [0, 0.1) is 0 Å². The SMILES string of the molecule is CS[C@@H](C)C(=O)NC[C@@](C)(O)c1ccccc1. The van der Waals surface area contributed by atoms with E-state index in [0.717, 1.165) is 5.56 Å². The molecule has 0 aliphatic carbocycles. The second kappa shape index (κ2) is 6.07. The van der Waals surface area contributed by atoms with E-state index in [-0.39, 0.29) is 17.7 Å². The molecule has 1 aromatic rings. The van der Waals surface area contributed by atoms with Crippen LogP contribution in [0.2, 0.25) is 0 Å². The molecule has 4 heteroatoms. The smallest absolute Gasteiger partial charge is 0.232 e. The maximum absolute atomic E-state index is 11.6. The summed E-state index contributed by atoms with van der Waals surface area (Å²) in [5.41, 5.74) is -0.230. The van der Waals surface area contributed by atoms with Crippen molar-refractivity contribution in [3.05, 3.63) is 35.9 Å². The Labute approximate surface area is 107 Å². The van der Waals surface area contributed by atoms with E-state index in [1.807, 2.05) is 43.5 Å². The number of amides is 1. The van der Waals surface area contributed by atoms with Gasteiger partial charge in [0.05, 0.1) is 11.8 Å². The van der Waals surface area contributed by atoms with E-state index in [0.29, 0.717) is 0 Å². The summed E-state index contributed by atoms with van der Waals surface area (Å²) in [6.07, 6.45) is 1.89. The molecule has 94 valence electrons. The van der Waals surface area contributed by atoms with Gasteiger partial charge in [-0.15, -0.1) is 0 Å². The van der Waals surface area contributed by atoms with Gasteiger partial charge >= 0.3 is 0 Å².